The smallest absolute Gasteiger partial charge is 0.407 e. The standard InChI is InChI=1S/C21H15ClF3N3O3S.C5HN/c1-20(2)18(30)27(13-6-9-16(26-3)15(10-13)21(23,24)25)19(32)28(20)12-4-7-14(8-5-12)31-17(29)11-22;1-2-3-4-5-6/h4-10H,11H2,1-2H3;1H. The lowest BCUT2D eigenvalue weighted by molar-refractivity contribution is -0.137. The summed E-state index contributed by atoms with van der Waals surface area (Å²) in [6.07, 6.45) is -0.132. The van der Waals surface area contributed by atoms with Crippen molar-refractivity contribution in [1.82, 2.24) is 0 Å². The van der Waals surface area contributed by atoms with Crippen molar-refractivity contribution in [2.24, 2.45) is 0 Å². The molecule has 7 nitrogen and oxygen atoms in total. The third kappa shape index (κ3) is 6.41. The SMILES string of the molecule is C#CC#CC#N.[C-]#[N+]c1ccc(N2C(=O)C(C)(C)N(c3ccc(OC(=O)CCl)cc3)C2=S)cc1C(F)(F)F. The van der Waals surface area contributed by atoms with Crippen LogP contribution >= 0.6 is 23.8 Å². The fraction of sp³-hybridized carbons (Fsp3) is 0.192. The third-order valence-electron chi connectivity index (χ3n) is 4.96. The molecule has 0 spiro atoms. The first-order valence-electron chi connectivity index (χ1n) is 10.3. The second kappa shape index (κ2) is 12.1. The highest BCUT2D eigenvalue weighted by molar-refractivity contribution is 7.81. The Morgan fingerprint density at radius 2 is 1.82 bits per heavy atom. The molecule has 192 valence electrons. The zero-order valence-corrected chi connectivity index (χ0v) is 21.3. The van der Waals surface area contributed by atoms with Gasteiger partial charge in [0.15, 0.2) is 16.9 Å². The Kier molecular flexibility index (Phi) is 9.47. The average Bonchev–Trinajstić information content (AvgIpc) is 3.05. The maximum absolute atomic E-state index is 13.4. The van der Waals surface area contributed by atoms with Gasteiger partial charge in [0.05, 0.1) is 12.1 Å². The predicted molar refractivity (Wildman–Crippen MR) is 139 cm³/mol. The number of rotatable bonds is 4. The lowest BCUT2D eigenvalue weighted by atomic mass is 10.0. The van der Waals surface area contributed by atoms with Gasteiger partial charge in [-0.2, -0.15) is 18.4 Å². The molecule has 38 heavy (non-hydrogen) atoms. The second-order valence-corrected chi connectivity index (χ2v) is 8.37. The summed E-state index contributed by atoms with van der Waals surface area (Å²) in [5.41, 5.74) is -2.57. The van der Waals surface area contributed by atoms with E-state index in [4.69, 9.17) is 40.4 Å². The predicted octanol–water partition coefficient (Wildman–Crippen LogP) is 5.46. The van der Waals surface area contributed by atoms with E-state index in [2.05, 4.69) is 17.2 Å². The summed E-state index contributed by atoms with van der Waals surface area (Å²) in [6.45, 7) is 10.1. The van der Waals surface area contributed by atoms with Gasteiger partial charge in [0.2, 0.25) is 0 Å². The number of hydrogen-bond donors (Lipinski definition) is 0. The van der Waals surface area contributed by atoms with Crippen molar-refractivity contribution in [2.45, 2.75) is 25.6 Å². The fourth-order valence-corrected chi connectivity index (χ4v) is 3.91. The Bertz CT molecular complexity index is 1440. The third-order valence-corrected chi connectivity index (χ3v) is 5.54. The molecule has 0 saturated carbocycles. The second-order valence-electron chi connectivity index (χ2n) is 7.74. The van der Waals surface area contributed by atoms with Crippen LogP contribution in [0.3, 0.4) is 0 Å². The number of thiocarbonyl (C=S) groups is 1. The topological polar surface area (TPSA) is 78.0 Å². The van der Waals surface area contributed by atoms with E-state index in [0.29, 0.717) is 5.69 Å². The van der Waals surface area contributed by atoms with Gasteiger partial charge in [-0.25, -0.2) is 4.85 Å². The largest absolute Gasteiger partial charge is 0.426 e. The Labute approximate surface area is 227 Å². The van der Waals surface area contributed by atoms with E-state index in [1.54, 1.807) is 32.0 Å². The first kappa shape index (κ1) is 29.7. The average molecular weight is 557 g/mol. The molecule has 3 rings (SSSR count). The number of carbonyl (C=O) groups is 2. The Morgan fingerprint density at radius 1 is 1.21 bits per heavy atom. The van der Waals surface area contributed by atoms with Crippen LogP contribution in [0, 0.1) is 42.1 Å². The van der Waals surface area contributed by atoms with Crippen molar-refractivity contribution < 1.29 is 27.5 Å². The van der Waals surface area contributed by atoms with E-state index < -0.39 is 34.8 Å². The quantitative estimate of drug-likeness (QED) is 0.124. The number of amides is 1. The van der Waals surface area contributed by atoms with Crippen molar-refractivity contribution >= 4 is 57.9 Å². The van der Waals surface area contributed by atoms with Gasteiger partial charge in [-0.15, -0.1) is 18.0 Å². The van der Waals surface area contributed by atoms with Crippen LogP contribution < -0.4 is 14.5 Å². The van der Waals surface area contributed by atoms with Crippen LogP contribution in [0.4, 0.5) is 30.2 Å². The van der Waals surface area contributed by atoms with Gasteiger partial charge in [0.1, 0.15) is 17.2 Å². The molecular formula is C26H16ClF3N4O3S. The van der Waals surface area contributed by atoms with E-state index in [9.17, 15) is 22.8 Å². The van der Waals surface area contributed by atoms with E-state index in [0.717, 1.165) is 17.0 Å². The molecule has 1 aliphatic rings. The highest BCUT2D eigenvalue weighted by Gasteiger charge is 2.50. The molecule has 0 unspecified atom stereocenters. The van der Waals surface area contributed by atoms with Crippen LogP contribution in [0.2, 0.25) is 0 Å². The molecule has 0 N–H and O–H groups in total. The van der Waals surface area contributed by atoms with E-state index >= 15 is 0 Å². The van der Waals surface area contributed by atoms with Crippen molar-refractivity contribution in [3.63, 3.8) is 0 Å². The lowest BCUT2D eigenvalue weighted by Crippen LogP contribution is -2.44. The highest BCUT2D eigenvalue weighted by Crippen LogP contribution is 2.42. The normalized spacial score (nSPS) is 13.7. The van der Waals surface area contributed by atoms with Crippen molar-refractivity contribution in [3.05, 3.63) is 59.4 Å². The summed E-state index contributed by atoms with van der Waals surface area (Å²) in [6, 6.07) is 10.7. The summed E-state index contributed by atoms with van der Waals surface area (Å²) >= 11 is 10.9. The number of anilines is 2. The molecule has 0 atom stereocenters. The summed E-state index contributed by atoms with van der Waals surface area (Å²) in [5, 5.41) is 7.65. The number of halogens is 4. The number of nitriles is 1. The van der Waals surface area contributed by atoms with Gasteiger partial charge in [0.25, 0.3) is 5.91 Å². The van der Waals surface area contributed by atoms with Crippen LogP contribution in [-0.4, -0.2) is 28.4 Å². The van der Waals surface area contributed by atoms with Crippen molar-refractivity contribution in [3.8, 4) is 36.0 Å². The number of ether oxygens (including phenoxy) is 1. The summed E-state index contributed by atoms with van der Waals surface area (Å²) in [7, 11) is 0. The molecular weight excluding hydrogens is 541 g/mol. The number of esters is 1. The minimum atomic E-state index is -4.77. The molecule has 0 aliphatic carbocycles. The molecule has 2 aromatic rings. The summed E-state index contributed by atoms with van der Waals surface area (Å²) in [4.78, 5) is 29.9. The molecule has 2 aromatic carbocycles. The number of nitrogens with zero attached hydrogens (tertiary/aromatic N) is 4. The van der Waals surface area contributed by atoms with Gasteiger partial charge in [-0.1, -0.05) is 6.07 Å². The minimum absolute atomic E-state index is 0.0332. The van der Waals surface area contributed by atoms with Gasteiger partial charge in [-0.3, -0.25) is 14.5 Å². The molecule has 1 aliphatic heterocycles. The van der Waals surface area contributed by atoms with Gasteiger partial charge in [0, 0.05) is 23.2 Å². The molecule has 1 amide bonds. The van der Waals surface area contributed by atoms with Crippen LogP contribution in [-0.2, 0) is 15.8 Å². The Balaban J connectivity index is 0.000000757. The molecule has 0 bridgehead atoms. The molecule has 0 aromatic heterocycles. The van der Waals surface area contributed by atoms with E-state index in [1.807, 2.05) is 11.8 Å². The van der Waals surface area contributed by atoms with Gasteiger partial charge in [-0.05, 0) is 68.4 Å². The Hall–Kier alpha value is -4.55. The van der Waals surface area contributed by atoms with Crippen molar-refractivity contribution in [1.29, 1.82) is 5.26 Å². The van der Waals surface area contributed by atoms with E-state index in [1.165, 1.54) is 23.1 Å². The lowest BCUT2D eigenvalue weighted by Gasteiger charge is -2.29. The molecule has 12 heteroatoms. The zero-order valence-electron chi connectivity index (χ0n) is 19.8. The van der Waals surface area contributed by atoms with Gasteiger partial charge >= 0.3 is 12.1 Å². The highest BCUT2D eigenvalue weighted by atomic mass is 35.5. The molecule has 1 saturated heterocycles. The van der Waals surface area contributed by atoms with Crippen LogP contribution in [0.25, 0.3) is 4.85 Å². The number of benzene rings is 2. The number of alkyl halides is 4. The fourth-order valence-electron chi connectivity index (χ4n) is 3.33. The van der Waals surface area contributed by atoms with Crippen LogP contribution in [0.1, 0.15) is 19.4 Å². The maximum atomic E-state index is 13.4. The van der Waals surface area contributed by atoms with Crippen LogP contribution in [0.15, 0.2) is 42.5 Å². The minimum Gasteiger partial charge on any atom is -0.426 e. The van der Waals surface area contributed by atoms with E-state index in [-0.39, 0.29) is 22.4 Å². The monoisotopic (exact) mass is 556 g/mol. The Morgan fingerprint density at radius 3 is 2.29 bits per heavy atom. The van der Waals surface area contributed by atoms with Crippen LogP contribution in [0.5, 0.6) is 5.75 Å². The number of terminal acetylenes is 1. The summed E-state index contributed by atoms with van der Waals surface area (Å²) < 4.78 is 45.2. The summed E-state index contributed by atoms with van der Waals surface area (Å²) in [5.74, 6) is 4.85. The van der Waals surface area contributed by atoms with Gasteiger partial charge < -0.3 is 9.64 Å². The first-order valence-corrected chi connectivity index (χ1v) is 11.3. The maximum Gasteiger partial charge on any atom is 0.407 e. The molecule has 0 radical (unpaired) electrons. The number of hydrogen-bond acceptors (Lipinski definition) is 5. The molecule has 1 fully saturated rings. The first-order chi connectivity index (χ1) is 17.8. The van der Waals surface area contributed by atoms with Crippen molar-refractivity contribution in [2.75, 3.05) is 15.7 Å². The number of carbonyl (C=O) groups excluding carboxylic acids is 2. The molecule has 1 heterocycles. The zero-order chi connectivity index (χ0) is 28.7.